The normalized spacial score (nSPS) is 14.6. The van der Waals surface area contributed by atoms with E-state index in [-0.39, 0.29) is 11.3 Å². The number of anilines is 1. The highest BCUT2D eigenvalue weighted by Gasteiger charge is 2.25. The fraction of sp³-hybridized carbons (Fsp3) is 0.250. The maximum Gasteiger partial charge on any atom is 0.293 e. The van der Waals surface area contributed by atoms with Crippen LogP contribution >= 0.6 is 0 Å². The van der Waals surface area contributed by atoms with Crippen molar-refractivity contribution in [1.29, 1.82) is 0 Å². The number of aromatic nitrogens is 3. The lowest BCUT2D eigenvalue weighted by atomic mass is 10.1. The molecule has 1 aliphatic rings. The number of hydrogen-bond acceptors (Lipinski definition) is 6. The third kappa shape index (κ3) is 3.93. The molecule has 3 aromatic rings. The molecule has 29 heavy (non-hydrogen) atoms. The van der Waals surface area contributed by atoms with Crippen molar-refractivity contribution >= 4 is 17.3 Å². The molecule has 0 spiro atoms. The summed E-state index contributed by atoms with van der Waals surface area (Å²) in [6.45, 7) is 1.57. The second-order valence-corrected chi connectivity index (χ2v) is 6.84. The summed E-state index contributed by atoms with van der Waals surface area (Å²) in [7, 11) is 0. The van der Waals surface area contributed by atoms with Crippen LogP contribution in [0.5, 0.6) is 0 Å². The van der Waals surface area contributed by atoms with E-state index < -0.39 is 16.9 Å². The number of nitro groups is 1. The van der Waals surface area contributed by atoms with Crippen molar-refractivity contribution in [3.05, 3.63) is 81.9 Å². The van der Waals surface area contributed by atoms with Crippen molar-refractivity contribution in [1.82, 2.24) is 20.5 Å². The lowest BCUT2D eigenvalue weighted by Gasteiger charge is -2.19. The lowest BCUT2D eigenvalue weighted by molar-refractivity contribution is -0.384. The van der Waals surface area contributed by atoms with Gasteiger partial charge < -0.3 is 10.2 Å². The molecule has 2 N–H and O–H groups in total. The maximum atomic E-state index is 12.9. The summed E-state index contributed by atoms with van der Waals surface area (Å²) in [5.41, 5.74) is 1.54. The Morgan fingerprint density at radius 2 is 1.93 bits per heavy atom. The predicted octanol–water partition coefficient (Wildman–Crippen LogP) is 2.83. The number of rotatable bonds is 6. The predicted molar refractivity (Wildman–Crippen MR) is 107 cm³/mol. The van der Waals surface area contributed by atoms with Crippen LogP contribution in [-0.2, 0) is 0 Å². The standard InChI is InChI=1S/C20H20N6O3/c27-20(23-18(19-21-13-22-24-19)14-6-2-1-3-7-14)15-8-9-16(17(12-15)26(28)29)25-10-4-5-11-25/h1-3,6-9,12-13,18H,4-5,10-11H2,(H,23,27)(H,21,22,24)/t18-/m1/s1. The molecule has 1 fully saturated rings. The molecule has 9 nitrogen and oxygen atoms in total. The van der Waals surface area contributed by atoms with Crippen LogP contribution in [0, 0.1) is 10.1 Å². The van der Waals surface area contributed by atoms with Gasteiger partial charge in [-0.15, -0.1) is 0 Å². The van der Waals surface area contributed by atoms with Gasteiger partial charge in [-0.3, -0.25) is 20.0 Å². The minimum atomic E-state index is -0.552. The zero-order valence-electron chi connectivity index (χ0n) is 15.6. The van der Waals surface area contributed by atoms with Gasteiger partial charge in [0.2, 0.25) is 0 Å². The van der Waals surface area contributed by atoms with Crippen LogP contribution in [0.15, 0.2) is 54.9 Å². The lowest BCUT2D eigenvalue weighted by Crippen LogP contribution is -2.30. The Bertz CT molecular complexity index is 1000. The van der Waals surface area contributed by atoms with E-state index in [0.29, 0.717) is 11.5 Å². The summed E-state index contributed by atoms with van der Waals surface area (Å²) in [6, 6.07) is 13.4. The van der Waals surface area contributed by atoms with Gasteiger partial charge in [0, 0.05) is 24.7 Å². The number of nitro benzene ring substituents is 1. The maximum absolute atomic E-state index is 12.9. The van der Waals surface area contributed by atoms with Gasteiger partial charge in [-0.25, -0.2) is 4.98 Å². The summed E-state index contributed by atoms with van der Waals surface area (Å²) >= 11 is 0. The number of hydrogen-bond donors (Lipinski definition) is 2. The molecule has 0 unspecified atom stereocenters. The Morgan fingerprint density at radius 3 is 2.59 bits per heavy atom. The van der Waals surface area contributed by atoms with Crippen LogP contribution in [0.4, 0.5) is 11.4 Å². The first kappa shape index (κ1) is 18.6. The summed E-state index contributed by atoms with van der Waals surface area (Å²) < 4.78 is 0. The highest BCUT2D eigenvalue weighted by Crippen LogP contribution is 2.32. The Morgan fingerprint density at radius 1 is 1.17 bits per heavy atom. The van der Waals surface area contributed by atoms with Crippen LogP contribution in [0.25, 0.3) is 0 Å². The van der Waals surface area contributed by atoms with E-state index in [2.05, 4.69) is 20.5 Å². The average molecular weight is 392 g/mol. The number of H-pyrrole nitrogens is 1. The molecule has 1 atom stereocenters. The van der Waals surface area contributed by atoms with Gasteiger partial charge in [0.05, 0.1) is 4.92 Å². The molecular weight excluding hydrogens is 372 g/mol. The number of aromatic amines is 1. The van der Waals surface area contributed by atoms with Gasteiger partial charge in [0.25, 0.3) is 11.6 Å². The minimum absolute atomic E-state index is 0.0597. The molecule has 9 heteroatoms. The Labute approximate surface area is 166 Å². The van der Waals surface area contributed by atoms with Gasteiger partial charge in [0.1, 0.15) is 18.1 Å². The number of amides is 1. The highest BCUT2D eigenvalue weighted by molar-refractivity contribution is 5.96. The zero-order valence-corrected chi connectivity index (χ0v) is 15.6. The van der Waals surface area contributed by atoms with Gasteiger partial charge in [-0.05, 0) is 30.5 Å². The Kier molecular flexibility index (Phi) is 5.19. The molecule has 4 rings (SSSR count). The number of nitrogens with zero attached hydrogens (tertiary/aromatic N) is 4. The summed E-state index contributed by atoms with van der Waals surface area (Å²) in [5.74, 6) is 0.0547. The van der Waals surface area contributed by atoms with Crippen molar-refractivity contribution in [2.24, 2.45) is 0 Å². The minimum Gasteiger partial charge on any atom is -0.366 e. The highest BCUT2D eigenvalue weighted by atomic mass is 16.6. The first-order valence-electron chi connectivity index (χ1n) is 9.38. The van der Waals surface area contributed by atoms with E-state index >= 15 is 0 Å². The monoisotopic (exact) mass is 392 g/mol. The van der Waals surface area contributed by atoms with Crippen LogP contribution in [-0.4, -0.2) is 39.1 Å². The molecular formula is C20H20N6O3. The molecule has 1 saturated heterocycles. The number of nitrogens with one attached hydrogen (secondary N) is 2. The fourth-order valence-electron chi connectivity index (χ4n) is 3.56. The van der Waals surface area contributed by atoms with Crippen molar-refractivity contribution in [3.63, 3.8) is 0 Å². The molecule has 1 aromatic heterocycles. The van der Waals surface area contributed by atoms with Crippen molar-refractivity contribution in [2.75, 3.05) is 18.0 Å². The second-order valence-electron chi connectivity index (χ2n) is 6.84. The molecule has 2 aromatic carbocycles. The summed E-state index contributed by atoms with van der Waals surface area (Å²) in [6.07, 6.45) is 3.39. The third-order valence-corrected chi connectivity index (χ3v) is 5.00. The van der Waals surface area contributed by atoms with Gasteiger partial charge in [-0.1, -0.05) is 30.3 Å². The number of carbonyl (C=O) groups is 1. The van der Waals surface area contributed by atoms with Crippen molar-refractivity contribution in [3.8, 4) is 0 Å². The molecule has 1 aliphatic heterocycles. The van der Waals surface area contributed by atoms with Gasteiger partial charge in [0.15, 0.2) is 5.82 Å². The topological polar surface area (TPSA) is 117 Å². The molecule has 0 saturated carbocycles. The number of benzene rings is 2. The molecule has 0 bridgehead atoms. The van der Waals surface area contributed by atoms with E-state index in [0.717, 1.165) is 31.5 Å². The number of carbonyl (C=O) groups excluding carboxylic acids is 1. The van der Waals surface area contributed by atoms with Crippen molar-refractivity contribution in [2.45, 2.75) is 18.9 Å². The Hall–Kier alpha value is -3.75. The molecule has 0 aliphatic carbocycles. The first-order chi connectivity index (χ1) is 14.1. The second kappa shape index (κ2) is 8.09. The van der Waals surface area contributed by atoms with Crippen LogP contribution in [0.3, 0.4) is 0 Å². The quantitative estimate of drug-likeness (QED) is 0.492. The SMILES string of the molecule is O=C(N[C@H](c1ccccc1)c1ncn[nH]1)c1ccc(N2CCCC2)c([N+](=O)[O-])c1. The largest absolute Gasteiger partial charge is 0.366 e. The third-order valence-electron chi connectivity index (χ3n) is 5.00. The molecule has 1 amide bonds. The van der Waals surface area contributed by atoms with E-state index in [9.17, 15) is 14.9 Å². The van der Waals surface area contributed by atoms with Gasteiger partial charge in [-0.2, -0.15) is 5.10 Å². The van der Waals surface area contributed by atoms with Gasteiger partial charge >= 0.3 is 0 Å². The van der Waals surface area contributed by atoms with Crippen LogP contribution in [0.1, 0.15) is 40.6 Å². The Balaban J connectivity index is 1.63. The summed E-state index contributed by atoms with van der Waals surface area (Å²) in [5, 5.41) is 21.1. The molecule has 148 valence electrons. The van der Waals surface area contributed by atoms with E-state index in [4.69, 9.17) is 0 Å². The molecule has 2 heterocycles. The van der Waals surface area contributed by atoms with E-state index in [1.807, 2.05) is 35.2 Å². The fourth-order valence-corrected chi connectivity index (χ4v) is 3.56. The first-order valence-corrected chi connectivity index (χ1v) is 9.38. The smallest absolute Gasteiger partial charge is 0.293 e. The zero-order chi connectivity index (χ0) is 20.2. The van der Waals surface area contributed by atoms with Crippen LogP contribution < -0.4 is 10.2 Å². The average Bonchev–Trinajstić information content (AvgIpc) is 3.46. The van der Waals surface area contributed by atoms with Crippen molar-refractivity contribution < 1.29 is 9.72 Å². The molecule has 0 radical (unpaired) electrons. The van der Waals surface area contributed by atoms with E-state index in [1.165, 1.54) is 12.4 Å². The summed E-state index contributed by atoms with van der Waals surface area (Å²) in [4.78, 5) is 30.2. The van der Waals surface area contributed by atoms with Crippen LogP contribution in [0.2, 0.25) is 0 Å². The van der Waals surface area contributed by atoms with E-state index in [1.54, 1.807) is 12.1 Å².